The summed E-state index contributed by atoms with van der Waals surface area (Å²) in [6.07, 6.45) is 0.629. The van der Waals surface area contributed by atoms with Gasteiger partial charge in [-0.1, -0.05) is 54.1 Å². The molecule has 0 radical (unpaired) electrons. The van der Waals surface area contributed by atoms with Crippen molar-refractivity contribution in [3.8, 4) is 0 Å². The maximum atomic E-state index is 12.2. The zero-order valence-electron chi connectivity index (χ0n) is 16.4. The second kappa shape index (κ2) is 9.85. The van der Waals surface area contributed by atoms with Crippen molar-refractivity contribution in [2.45, 2.75) is 38.4 Å². The third-order valence-electron chi connectivity index (χ3n) is 5.40. The van der Waals surface area contributed by atoms with E-state index in [9.17, 15) is 14.9 Å². The molecule has 2 aromatic rings. The normalized spacial score (nSPS) is 22.2. The molecule has 0 N–H and O–H groups in total. The lowest BCUT2D eigenvalue weighted by atomic mass is 9.80. The predicted octanol–water partition coefficient (Wildman–Crippen LogP) is 4.50. The zero-order valence-corrected chi connectivity index (χ0v) is 17.1. The number of carbonyl (C=O) groups is 1. The molecule has 0 amide bonds. The van der Waals surface area contributed by atoms with Crippen LogP contribution >= 0.6 is 11.6 Å². The third-order valence-corrected chi connectivity index (χ3v) is 5.66. The highest BCUT2D eigenvalue weighted by molar-refractivity contribution is 6.30. The van der Waals surface area contributed by atoms with E-state index in [1.165, 1.54) is 0 Å². The lowest BCUT2D eigenvalue weighted by Crippen LogP contribution is -2.50. The number of hydrogen-bond acceptors (Lipinski definition) is 5. The Kier molecular flexibility index (Phi) is 7.23. The molecule has 3 atom stereocenters. The Labute approximate surface area is 175 Å². The van der Waals surface area contributed by atoms with E-state index >= 15 is 0 Å². The Morgan fingerprint density at radius 3 is 2.52 bits per heavy atom. The Hall–Kier alpha value is -2.44. The summed E-state index contributed by atoms with van der Waals surface area (Å²) in [6, 6.07) is 15.8. The van der Waals surface area contributed by atoms with E-state index in [2.05, 4.69) is 4.90 Å². The summed E-state index contributed by atoms with van der Waals surface area (Å²) in [5.41, 5.74) is 1.93. The van der Waals surface area contributed by atoms with Crippen LogP contribution in [0.25, 0.3) is 0 Å². The fraction of sp³-hybridized carbons (Fsp3) is 0.409. The summed E-state index contributed by atoms with van der Waals surface area (Å²) >= 11 is 6.04. The number of piperidine rings is 1. The maximum Gasteiger partial charge on any atom is 0.306 e. The van der Waals surface area contributed by atoms with Gasteiger partial charge in [0.05, 0.1) is 13.0 Å². The van der Waals surface area contributed by atoms with Crippen LogP contribution in [0.1, 0.15) is 36.9 Å². The second-order valence-corrected chi connectivity index (χ2v) is 7.72. The van der Waals surface area contributed by atoms with Gasteiger partial charge in [0.2, 0.25) is 6.04 Å². The number of ether oxygens (including phenoxy) is 1. The Morgan fingerprint density at radius 2 is 1.90 bits per heavy atom. The van der Waals surface area contributed by atoms with Gasteiger partial charge in [-0.3, -0.25) is 19.8 Å². The molecular formula is C22H25ClN2O4. The third kappa shape index (κ3) is 5.34. The first-order chi connectivity index (χ1) is 14.0. The summed E-state index contributed by atoms with van der Waals surface area (Å²) in [6.45, 7) is 3.28. The van der Waals surface area contributed by atoms with Gasteiger partial charge in [0.15, 0.2) is 0 Å². The lowest BCUT2D eigenvalue weighted by Gasteiger charge is -2.41. The van der Waals surface area contributed by atoms with E-state index in [0.717, 1.165) is 11.1 Å². The standard InChI is InChI=1S/C22H25ClN2O4/c1-2-29-20(26)14-18-12-13-24(15-16-6-4-3-5-7-16)21(22(18)25(27)28)17-8-10-19(23)11-9-17/h3-11,18,21-22H,2,12-15H2,1H3/t18-,21+,22-/m0/s1. The van der Waals surface area contributed by atoms with Crippen LogP contribution in [-0.4, -0.2) is 35.0 Å². The molecule has 1 heterocycles. The molecular weight excluding hydrogens is 392 g/mol. The summed E-state index contributed by atoms with van der Waals surface area (Å²) in [5, 5.41) is 12.7. The first kappa shape index (κ1) is 21.3. The van der Waals surface area contributed by atoms with E-state index in [1.54, 1.807) is 19.1 Å². The topological polar surface area (TPSA) is 72.7 Å². The molecule has 2 aromatic carbocycles. The van der Waals surface area contributed by atoms with Crippen molar-refractivity contribution in [1.82, 2.24) is 4.90 Å². The van der Waals surface area contributed by atoms with Crippen molar-refractivity contribution >= 4 is 17.6 Å². The van der Waals surface area contributed by atoms with Gasteiger partial charge in [-0.15, -0.1) is 0 Å². The van der Waals surface area contributed by atoms with Gasteiger partial charge in [-0.2, -0.15) is 0 Å². The highest BCUT2D eigenvalue weighted by atomic mass is 35.5. The SMILES string of the molecule is CCOC(=O)C[C@@H]1CCN(Cc2ccccc2)[C@H](c2ccc(Cl)cc2)[C@H]1[N+](=O)[O-]. The van der Waals surface area contributed by atoms with Crippen molar-refractivity contribution in [2.24, 2.45) is 5.92 Å². The van der Waals surface area contributed by atoms with Crippen molar-refractivity contribution in [2.75, 3.05) is 13.2 Å². The smallest absolute Gasteiger partial charge is 0.306 e. The average molecular weight is 417 g/mol. The maximum absolute atomic E-state index is 12.2. The molecule has 1 aliphatic heterocycles. The van der Waals surface area contributed by atoms with Gasteiger partial charge < -0.3 is 4.74 Å². The number of nitrogens with zero attached hydrogens (tertiary/aromatic N) is 2. The van der Waals surface area contributed by atoms with E-state index in [1.807, 2.05) is 42.5 Å². The number of halogens is 1. The number of esters is 1. The molecule has 1 fully saturated rings. The van der Waals surface area contributed by atoms with Crippen molar-refractivity contribution in [3.05, 3.63) is 80.9 Å². The Balaban J connectivity index is 1.94. The summed E-state index contributed by atoms with van der Waals surface area (Å²) < 4.78 is 5.06. The number of carbonyl (C=O) groups excluding carboxylic acids is 1. The van der Waals surface area contributed by atoms with Gasteiger partial charge in [0.25, 0.3) is 0 Å². The molecule has 3 rings (SSSR count). The van der Waals surface area contributed by atoms with Crippen LogP contribution in [-0.2, 0) is 16.1 Å². The summed E-state index contributed by atoms with van der Waals surface area (Å²) in [4.78, 5) is 26.1. The molecule has 0 aliphatic carbocycles. The quantitative estimate of drug-likeness (QED) is 0.377. The highest BCUT2D eigenvalue weighted by Gasteiger charge is 2.47. The molecule has 1 saturated heterocycles. The van der Waals surface area contributed by atoms with Crippen molar-refractivity contribution < 1.29 is 14.5 Å². The molecule has 0 spiro atoms. The molecule has 154 valence electrons. The van der Waals surface area contributed by atoms with E-state index in [0.29, 0.717) is 24.5 Å². The van der Waals surface area contributed by atoms with E-state index < -0.39 is 12.1 Å². The number of nitro groups is 1. The molecule has 0 aromatic heterocycles. The van der Waals surface area contributed by atoms with Gasteiger partial charge in [0.1, 0.15) is 6.04 Å². The molecule has 0 saturated carbocycles. The van der Waals surface area contributed by atoms with Crippen molar-refractivity contribution in [3.63, 3.8) is 0 Å². The summed E-state index contributed by atoms with van der Waals surface area (Å²) in [7, 11) is 0. The number of rotatable bonds is 7. The monoisotopic (exact) mass is 416 g/mol. The van der Waals surface area contributed by atoms with Crippen LogP contribution < -0.4 is 0 Å². The van der Waals surface area contributed by atoms with Crippen LogP contribution in [0.2, 0.25) is 5.02 Å². The van der Waals surface area contributed by atoms with Gasteiger partial charge in [-0.25, -0.2) is 0 Å². The number of benzene rings is 2. The Bertz CT molecular complexity index is 828. The van der Waals surface area contributed by atoms with Crippen LogP contribution in [0, 0.1) is 16.0 Å². The van der Waals surface area contributed by atoms with Crippen LogP contribution in [0.4, 0.5) is 0 Å². The molecule has 1 aliphatic rings. The number of likely N-dealkylation sites (tertiary alicyclic amines) is 1. The second-order valence-electron chi connectivity index (χ2n) is 7.29. The van der Waals surface area contributed by atoms with Gasteiger partial charge in [-0.05, 0) is 43.1 Å². The first-order valence-corrected chi connectivity index (χ1v) is 10.2. The fourth-order valence-corrected chi connectivity index (χ4v) is 4.25. The minimum atomic E-state index is -0.905. The Morgan fingerprint density at radius 1 is 1.21 bits per heavy atom. The number of hydrogen-bond donors (Lipinski definition) is 0. The molecule has 6 nitrogen and oxygen atoms in total. The minimum absolute atomic E-state index is 0.0583. The van der Waals surface area contributed by atoms with Gasteiger partial charge >= 0.3 is 5.97 Å². The van der Waals surface area contributed by atoms with Crippen molar-refractivity contribution in [1.29, 1.82) is 0 Å². The summed E-state index contributed by atoms with van der Waals surface area (Å²) in [5.74, 6) is -0.757. The van der Waals surface area contributed by atoms with Crippen LogP contribution in [0.3, 0.4) is 0 Å². The average Bonchev–Trinajstić information content (AvgIpc) is 2.70. The zero-order chi connectivity index (χ0) is 20.8. The largest absolute Gasteiger partial charge is 0.466 e. The first-order valence-electron chi connectivity index (χ1n) is 9.82. The molecule has 29 heavy (non-hydrogen) atoms. The molecule has 7 heteroatoms. The molecule has 0 bridgehead atoms. The van der Waals surface area contributed by atoms with E-state index in [4.69, 9.17) is 16.3 Å². The van der Waals surface area contributed by atoms with E-state index in [-0.39, 0.29) is 29.8 Å². The lowest BCUT2D eigenvalue weighted by molar-refractivity contribution is -0.545. The minimum Gasteiger partial charge on any atom is -0.466 e. The highest BCUT2D eigenvalue weighted by Crippen LogP contribution is 2.39. The molecule has 0 unspecified atom stereocenters. The predicted molar refractivity (Wildman–Crippen MR) is 111 cm³/mol. The van der Waals surface area contributed by atoms with Gasteiger partial charge in [0, 0.05) is 22.4 Å². The van der Waals surface area contributed by atoms with Crippen LogP contribution in [0.15, 0.2) is 54.6 Å². The fourth-order valence-electron chi connectivity index (χ4n) is 4.12. The van der Waals surface area contributed by atoms with Crippen LogP contribution in [0.5, 0.6) is 0 Å².